The molecule has 5 N–H and O–H groups in total. The Morgan fingerprint density at radius 3 is 2.41 bits per heavy atom. The van der Waals surface area contributed by atoms with Gasteiger partial charge in [-0.15, -0.1) is 0 Å². The highest BCUT2D eigenvalue weighted by Gasteiger charge is 2.39. The van der Waals surface area contributed by atoms with Gasteiger partial charge in [0.25, 0.3) is 0 Å². The van der Waals surface area contributed by atoms with Crippen molar-refractivity contribution in [3.8, 4) is 0 Å². The summed E-state index contributed by atoms with van der Waals surface area (Å²) in [5, 5.41) is 54.1. The molecule has 11 nitrogen and oxygen atoms in total. The lowest BCUT2D eigenvalue weighted by Crippen LogP contribution is -2.45. The maximum absolute atomic E-state index is 13.2. The normalized spacial score (nSPS) is 36.3. The molecule has 2 aliphatic rings. The van der Waals surface area contributed by atoms with Crippen LogP contribution in [-0.4, -0.2) is 92.6 Å². The second-order valence-corrected chi connectivity index (χ2v) is 13.1. The van der Waals surface area contributed by atoms with Crippen LogP contribution in [0.5, 0.6) is 0 Å². The summed E-state index contributed by atoms with van der Waals surface area (Å²) in [7, 11) is 1.54. The van der Waals surface area contributed by atoms with E-state index in [4.69, 9.17) is 18.6 Å². The van der Waals surface area contributed by atoms with Crippen molar-refractivity contribution in [1.82, 2.24) is 4.98 Å². The second kappa shape index (κ2) is 17.5. The number of cyclic esters (lactones) is 1. The van der Waals surface area contributed by atoms with Crippen LogP contribution in [0.2, 0.25) is 0 Å². The zero-order valence-electron chi connectivity index (χ0n) is 28.0. The lowest BCUT2D eigenvalue weighted by atomic mass is 9.83. The van der Waals surface area contributed by atoms with Crippen molar-refractivity contribution in [3.05, 3.63) is 59.4 Å². The van der Waals surface area contributed by atoms with Gasteiger partial charge in [-0.05, 0) is 49.8 Å². The van der Waals surface area contributed by atoms with Crippen molar-refractivity contribution in [2.45, 2.75) is 116 Å². The minimum absolute atomic E-state index is 0.0418. The number of fused-ring (bicyclic) bond motifs is 2. The van der Waals surface area contributed by atoms with Gasteiger partial charge in [0.2, 0.25) is 0 Å². The molecule has 0 spiro atoms. The molecule has 1 aromatic heterocycles. The molecule has 1 saturated heterocycles. The van der Waals surface area contributed by atoms with Gasteiger partial charge in [-0.1, -0.05) is 51.2 Å². The summed E-state index contributed by atoms with van der Waals surface area (Å²) < 4.78 is 22.6. The molecule has 2 unspecified atom stereocenters. The van der Waals surface area contributed by atoms with Gasteiger partial charge < -0.3 is 44.2 Å². The molecule has 258 valence electrons. The molecular formula is C35H53NO10. The van der Waals surface area contributed by atoms with Crippen LogP contribution in [0, 0.1) is 30.6 Å². The van der Waals surface area contributed by atoms with Gasteiger partial charge in [0, 0.05) is 44.6 Å². The van der Waals surface area contributed by atoms with Crippen molar-refractivity contribution in [2.75, 3.05) is 7.11 Å². The molecule has 2 aliphatic heterocycles. The van der Waals surface area contributed by atoms with Crippen molar-refractivity contribution >= 4 is 12.0 Å². The van der Waals surface area contributed by atoms with Crippen LogP contribution in [0.1, 0.15) is 71.9 Å². The Morgan fingerprint density at radius 1 is 1.04 bits per heavy atom. The van der Waals surface area contributed by atoms with Crippen molar-refractivity contribution in [3.63, 3.8) is 0 Å². The van der Waals surface area contributed by atoms with Crippen molar-refractivity contribution < 1.29 is 49.0 Å². The van der Waals surface area contributed by atoms with Crippen LogP contribution < -0.4 is 0 Å². The third kappa shape index (κ3) is 10.7. The molecule has 1 fully saturated rings. The SMILES string of the molecule is CO[C@@H](/C(C)=C/C=C/C(C)=C/c1coc(C)n1)[C@@H](C)C1C[C@H](O)[C@H](C)[C@H](O)/C=C/[C@@H](C)[C@H]2C[C@H](CC(O)O2)C[C@@H](O)[C@@H](O)C(=O)O1. The number of carbonyl (C=O) groups is 1. The minimum atomic E-state index is -1.83. The molecule has 0 aromatic carbocycles. The summed E-state index contributed by atoms with van der Waals surface area (Å²) in [6.45, 7) is 11.0. The Morgan fingerprint density at radius 2 is 1.76 bits per heavy atom. The van der Waals surface area contributed by atoms with Crippen molar-refractivity contribution in [1.29, 1.82) is 0 Å². The fraction of sp³-hybridized carbons (Fsp3) is 0.657. The van der Waals surface area contributed by atoms with Crippen LogP contribution in [0.25, 0.3) is 6.08 Å². The van der Waals surface area contributed by atoms with Gasteiger partial charge in [0.1, 0.15) is 18.1 Å². The first-order chi connectivity index (χ1) is 21.7. The zero-order chi connectivity index (χ0) is 34.1. The summed E-state index contributed by atoms with van der Waals surface area (Å²) >= 11 is 0. The molecular weight excluding hydrogens is 594 g/mol. The molecule has 1 aromatic rings. The van der Waals surface area contributed by atoms with E-state index in [9.17, 15) is 30.3 Å². The topological polar surface area (TPSA) is 172 Å². The van der Waals surface area contributed by atoms with Gasteiger partial charge in [0.05, 0.1) is 30.5 Å². The fourth-order valence-electron chi connectivity index (χ4n) is 6.22. The van der Waals surface area contributed by atoms with Gasteiger partial charge >= 0.3 is 5.97 Å². The number of aryl methyl sites for hydroxylation is 1. The summed E-state index contributed by atoms with van der Waals surface area (Å²) in [4.78, 5) is 17.5. The van der Waals surface area contributed by atoms with E-state index in [-0.39, 0.29) is 37.2 Å². The van der Waals surface area contributed by atoms with Crippen LogP contribution >= 0.6 is 0 Å². The van der Waals surface area contributed by atoms with E-state index in [1.54, 1.807) is 39.4 Å². The predicted octanol–water partition coefficient (Wildman–Crippen LogP) is 3.63. The van der Waals surface area contributed by atoms with E-state index in [2.05, 4.69) is 4.98 Å². The monoisotopic (exact) mass is 647 g/mol. The highest BCUT2D eigenvalue weighted by molar-refractivity contribution is 5.75. The number of aliphatic hydroxyl groups is 5. The highest BCUT2D eigenvalue weighted by atomic mass is 16.6. The number of hydrogen-bond donors (Lipinski definition) is 5. The van der Waals surface area contributed by atoms with Gasteiger partial charge in [-0.2, -0.15) is 0 Å². The number of aliphatic hydroxyl groups excluding tert-OH is 5. The molecule has 3 heterocycles. The molecule has 0 radical (unpaired) electrons. The van der Waals surface area contributed by atoms with Crippen LogP contribution in [0.4, 0.5) is 0 Å². The lowest BCUT2D eigenvalue weighted by Gasteiger charge is -2.37. The average Bonchev–Trinajstić information content (AvgIpc) is 3.41. The number of ether oxygens (including phenoxy) is 3. The molecule has 0 amide bonds. The summed E-state index contributed by atoms with van der Waals surface area (Å²) in [6.07, 6.45) is 5.06. The van der Waals surface area contributed by atoms with Crippen LogP contribution in [-0.2, 0) is 19.0 Å². The first kappa shape index (κ1) is 37.8. The number of esters is 1. The van der Waals surface area contributed by atoms with E-state index in [1.807, 2.05) is 52.0 Å². The predicted molar refractivity (Wildman–Crippen MR) is 172 cm³/mol. The maximum Gasteiger partial charge on any atom is 0.337 e. The van der Waals surface area contributed by atoms with Gasteiger partial charge in [-0.3, -0.25) is 0 Å². The molecule has 46 heavy (non-hydrogen) atoms. The number of hydrogen-bond acceptors (Lipinski definition) is 11. The molecule has 12 atom stereocenters. The number of aromatic nitrogens is 1. The van der Waals surface area contributed by atoms with Gasteiger partial charge in [0.15, 0.2) is 18.3 Å². The van der Waals surface area contributed by atoms with Crippen LogP contribution in [0.3, 0.4) is 0 Å². The number of nitrogens with zero attached hydrogens (tertiary/aromatic N) is 1. The summed E-state index contributed by atoms with van der Waals surface area (Å²) in [6, 6.07) is 0. The molecule has 2 bridgehead atoms. The molecule has 11 heteroatoms. The van der Waals surface area contributed by atoms with E-state index >= 15 is 0 Å². The summed E-state index contributed by atoms with van der Waals surface area (Å²) in [5.74, 6) is -1.95. The Labute approximate surface area is 272 Å². The molecule has 0 aliphatic carbocycles. The quantitative estimate of drug-likeness (QED) is 0.166. The third-order valence-corrected chi connectivity index (χ3v) is 9.20. The standard InChI is InChI=1S/C35H53NO10/c1-19(13-26-18-44-24(6)36-26)9-8-10-21(3)34(43-7)23(5)31-17-28(38)22(4)27(37)12-11-20(2)30-15-25(16-32(40)45-30)14-29(39)33(41)35(42)46-31/h8-13,18,20,22-23,25,27-34,37-41H,14-17H2,1-7H3/b9-8+,12-11+,19-13+,21-10+/t20-,22-,23+,25-,27-,28+,29-,30-,31?,32?,33-,34+/m1/s1. The molecule has 0 saturated carbocycles. The van der Waals surface area contributed by atoms with Gasteiger partial charge in [-0.25, -0.2) is 9.78 Å². The third-order valence-electron chi connectivity index (χ3n) is 9.20. The second-order valence-electron chi connectivity index (χ2n) is 13.1. The number of carbonyl (C=O) groups excluding carboxylic acids is 1. The number of oxazole rings is 1. The zero-order valence-corrected chi connectivity index (χ0v) is 28.0. The smallest absolute Gasteiger partial charge is 0.337 e. The first-order valence-electron chi connectivity index (χ1n) is 16.1. The maximum atomic E-state index is 13.2. The number of allylic oxidation sites excluding steroid dienone is 4. The number of methoxy groups -OCH3 is 1. The Balaban J connectivity index is 1.85. The Kier molecular flexibility index (Phi) is 14.4. The van der Waals surface area contributed by atoms with E-state index < -0.39 is 60.7 Å². The Hall–Kier alpha value is -2.64. The minimum Gasteiger partial charge on any atom is -0.460 e. The molecule has 3 rings (SSSR count). The van der Waals surface area contributed by atoms with Crippen LogP contribution in [0.15, 0.2) is 52.2 Å². The van der Waals surface area contributed by atoms with E-state index in [0.717, 1.165) is 16.8 Å². The van der Waals surface area contributed by atoms with Crippen molar-refractivity contribution in [2.24, 2.45) is 23.7 Å². The largest absolute Gasteiger partial charge is 0.460 e. The Bertz CT molecular complexity index is 1240. The first-order valence-corrected chi connectivity index (χ1v) is 16.1. The summed E-state index contributed by atoms with van der Waals surface area (Å²) in [5.41, 5.74) is 2.49. The highest BCUT2D eigenvalue weighted by Crippen LogP contribution is 2.33. The van der Waals surface area contributed by atoms with E-state index in [0.29, 0.717) is 12.3 Å². The average molecular weight is 648 g/mol. The lowest BCUT2D eigenvalue weighted by molar-refractivity contribution is -0.191. The van der Waals surface area contributed by atoms with E-state index in [1.165, 1.54) is 0 Å². The number of rotatable bonds is 7. The fourth-order valence-corrected chi connectivity index (χ4v) is 6.22.